The largest absolute Gasteiger partial charge is 0.347 e. The summed E-state index contributed by atoms with van der Waals surface area (Å²) in [6.07, 6.45) is 2.26. The SMILES string of the molecule is Cc1ccc2c(c1)CC(C(C)N(C)c1nc(C)nc(N(C)C)n1)C2. The van der Waals surface area contributed by atoms with E-state index in [1.54, 1.807) is 0 Å². The number of rotatable bonds is 4. The highest BCUT2D eigenvalue weighted by Crippen LogP contribution is 2.32. The molecule has 3 rings (SSSR count). The van der Waals surface area contributed by atoms with Gasteiger partial charge in [-0.2, -0.15) is 15.0 Å². The molecule has 0 aliphatic heterocycles. The van der Waals surface area contributed by atoms with Crippen molar-refractivity contribution in [3.8, 4) is 0 Å². The number of benzene rings is 1. The number of fused-ring (bicyclic) bond motifs is 1. The van der Waals surface area contributed by atoms with Crippen LogP contribution in [0.1, 0.15) is 29.4 Å². The van der Waals surface area contributed by atoms with Crippen molar-refractivity contribution in [2.75, 3.05) is 30.9 Å². The molecule has 2 unspecified atom stereocenters. The monoisotopic (exact) mass is 325 g/mol. The first kappa shape index (κ1) is 16.7. The lowest BCUT2D eigenvalue weighted by molar-refractivity contribution is 0.445. The highest BCUT2D eigenvalue weighted by molar-refractivity contribution is 5.40. The van der Waals surface area contributed by atoms with E-state index >= 15 is 0 Å². The molecule has 0 saturated carbocycles. The minimum Gasteiger partial charge on any atom is -0.347 e. The molecule has 0 amide bonds. The first-order valence-electron chi connectivity index (χ1n) is 8.56. The summed E-state index contributed by atoms with van der Waals surface area (Å²) in [5.41, 5.74) is 4.34. The molecule has 0 saturated heterocycles. The molecule has 1 heterocycles. The lowest BCUT2D eigenvalue weighted by Crippen LogP contribution is -2.37. The molecule has 5 heteroatoms. The molecule has 0 bridgehead atoms. The average molecular weight is 325 g/mol. The topological polar surface area (TPSA) is 45.2 Å². The second-order valence-electron chi connectivity index (χ2n) is 7.17. The first-order chi connectivity index (χ1) is 11.3. The maximum atomic E-state index is 4.62. The quantitative estimate of drug-likeness (QED) is 0.865. The molecule has 0 spiro atoms. The number of aromatic nitrogens is 3. The average Bonchev–Trinajstić information content (AvgIpc) is 2.95. The van der Waals surface area contributed by atoms with Crippen LogP contribution in [0, 0.1) is 19.8 Å². The van der Waals surface area contributed by atoms with Gasteiger partial charge in [-0.15, -0.1) is 0 Å². The van der Waals surface area contributed by atoms with Crippen LogP contribution in [0.3, 0.4) is 0 Å². The van der Waals surface area contributed by atoms with E-state index in [2.05, 4.69) is 58.9 Å². The molecule has 128 valence electrons. The van der Waals surface area contributed by atoms with Gasteiger partial charge in [0.15, 0.2) is 0 Å². The van der Waals surface area contributed by atoms with Crippen LogP contribution in [0.25, 0.3) is 0 Å². The molecular weight excluding hydrogens is 298 g/mol. The predicted molar refractivity (Wildman–Crippen MR) is 98.8 cm³/mol. The molecule has 0 fully saturated rings. The van der Waals surface area contributed by atoms with Crippen molar-refractivity contribution < 1.29 is 0 Å². The number of nitrogens with zero attached hydrogens (tertiary/aromatic N) is 5. The molecule has 1 aliphatic rings. The molecule has 2 atom stereocenters. The van der Waals surface area contributed by atoms with E-state index in [4.69, 9.17) is 0 Å². The van der Waals surface area contributed by atoms with Gasteiger partial charge in [0.25, 0.3) is 0 Å². The maximum Gasteiger partial charge on any atom is 0.230 e. The second-order valence-corrected chi connectivity index (χ2v) is 7.17. The van der Waals surface area contributed by atoms with E-state index in [0.29, 0.717) is 17.9 Å². The van der Waals surface area contributed by atoms with Crippen molar-refractivity contribution >= 4 is 11.9 Å². The van der Waals surface area contributed by atoms with Gasteiger partial charge in [0.1, 0.15) is 5.82 Å². The van der Waals surface area contributed by atoms with Crippen LogP contribution in [-0.4, -0.2) is 42.1 Å². The van der Waals surface area contributed by atoms with Gasteiger partial charge in [0.2, 0.25) is 11.9 Å². The van der Waals surface area contributed by atoms with Gasteiger partial charge in [-0.3, -0.25) is 0 Å². The van der Waals surface area contributed by atoms with Gasteiger partial charge < -0.3 is 9.80 Å². The highest BCUT2D eigenvalue weighted by Gasteiger charge is 2.29. The fourth-order valence-electron chi connectivity index (χ4n) is 3.43. The van der Waals surface area contributed by atoms with E-state index in [9.17, 15) is 0 Å². The van der Waals surface area contributed by atoms with Gasteiger partial charge >= 0.3 is 0 Å². The second kappa shape index (κ2) is 6.38. The summed E-state index contributed by atoms with van der Waals surface area (Å²) < 4.78 is 0. The third-order valence-corrected chi connectivity index (χ3v) is 5.06. The number of anilines is 2. The molecule has 0 radical (unpaired) electrons. The zero-order chi connectivity index (χ0) is 17.4. The number of hydrogen-bond donors (Lipinski definition) is 0. The van der Waals surface area contributed by atoms with Crippen LogP contribution in [0.15, 0.2) is 18.2 Å². The lowest BCUT2D eigenvalue weighted by Gasteiger charge is -2.30. The van der Waals surface area contributed by atoms with Gasteiger partial charge in [-0.1, -0.05) is 23.8 Å². The summed E-state index contributed by atoms with van der Waals surface area (Å²) in [5, 5.41) is 0. The molecule has 1 aromatic heterocycles. The zero-order valence-corrected chi connectivity index (χ0v) is 15.5. The van der Waals surface area contributed by atoms with E-state index < -0.39 is 0 Å². The molecule has 0 N–H and O–H groups in total. The van der Waals surface area contributed by atoms with E-state index in [1.165, 1.54) is 16.7 Å². The smallest absolute Gasteiger partial charge is 0.230 e. The van der Waals surface area contributed by atoms with Crippen LogP contribution in [0.5, 0.6) is 0 Å². The van der Waals surface area contributed by atoms with Gasteiger partial charge in [0.05, 0.1) is 0 Å². The number of aryl methyl sites for hydroxylation is 2. The van der Waals surface area contributed by atoms with Crippen LogP contribution in [0.2, 0.25) is 0 Å². The molecule has 2 aromatic rings. The van der Waals surface area contributed by atoms with Crippen LogP contribution >= 0.6 is 0 Å². The number of hydrogen-bond acceptors (Lipinski definition) is 5. The molecule has 1 aliphatic carbocycles. The Labute approximate surface area is 144 Å². The van der Waals surface area contributed by atoms with Crippen LogP contribution < -0.4 is 9.80 Å². The fraction of sp³-hybridized carbons (Fsp3) is 0.526. The van der Waals surface area contributed by atoms with Crippen molar-refractivity contribution in [3.63, 3.8) is 0 Å². The highest BCUT2D eigenvalue weighted by atomic mass is 15.3. The Morgan fingerprint density at radius 1 is 0.958 bits per heavy atom. The molecule has 1 aromatic carbocycles. The summed E-state index contributed by atoms with van der Waals surface area (Å²) in [6, 6.07) is 7.21. The third-order valence-electron chi connectivity index (χ3n) is 5.06. The van der Waals surface area contributed by atoms with Crippen molar-refractivity contribution in [1.29, 1.82) is 0 Å². The van der Waals surface area contributed by atoms with Crippen molar-refractivity contribution in [3.05, 3.63) is 40.7 Å². The minimum atomic E-state index is 0.370. The molecular formula is C19H27N5. The summed E-state index contributed by atoms with van der Waals surface area (Å²) in [6.45, 7) is 6.36. The first-order valence-corrected chi connectivity index (χ1v) is 8.56. The minimum absolute atomic E-state index is 0.370. The Balaban J connectivity index is 1.80. The van der Waals surface area contributed by atoms with E-state index in [1.807, 2.05) is 25.9 Å². The lowest BCUT2D eigenvalue weighted by atomic mass is 9.97. The standard InChI is InChI=1S/C19H27N5/c1-12-7-8-15-10-16(11-17(15)9-12)13(2)24(6)19-21-14(3)20-18(22-19)23(4)5/h7-9,13,16H,10-11H2,1-6H3. The van der Waals surface area contributed by atoms with Crippen molar-refractivity contribution in [2.45, 2.75) is 39.7 Å². The predicted octanol–water partition coefficient (Wildman–Crippen LogP) is 2.79. The van der Waals surface area contributed by atoms with Gasteiger partial charge in [-0.25, -0.2) is 0 Å². The van der Waals surface area contributed by atoms with E-state index in [0.717, 1.165) is 24.6 Å². The van der Waals surface area contributed by atoms with Gasteiger partial charge in [-0.05, 0) is 50.7 Å². The van der Waals surface area contributed by atoms with Crippen LogP contribution in [0.4, 0.5) is 11.9 Å². The molecule has 5 nitrogen and oxygen atoms in total. The Hall–Kier alpha value is -2.17. The summed E-state index contributed by atoms with van der Waals surface area (Å²) in [5.74, 6) is 2.81. The van der Waals surface area contributed by atoms with Gasteiger partial charge in [0, 0.05) is 27.2 Å². The Kier molecular flexibility index (Phi) is 4.43. The van der Waals surface area contributed by atoms with E-state index in [-0.39, 0.29) is 0 Å². The maximum absolute atomic E-state index is 4.62. The summed E-state index contributed by atoms with van der Waals surface area (Å²) in [7, 11) is 6.00. The van der Waals surface area contributed by atoms with Crippen LogP contribution in [-0.2, 0) is 12.8 Å². The fourth-order valence-corrected chi connectivity index (χ4v) is 3.43. The normalized spacial score (nSPS) is 17.5. The van der Waals surface area contributed by atoms with Crippen molar-refractivity contribution in [1.82, 2.24) is 15.0 Å². The Bertz CT molecular complexity index is 741. The summed E-state index contributed by atoms with van der Waals surface area (Å²) in [4.78, 5) is 17.7. The zero-order valence-electron chi connectivity index (χ0n) is 15.5. The third kappa shape index (κ3) is 3.21. The Morgan fingerprint density at radius 3 is 2.33 bits per heavy atom. The Morgan fingerprint density at radius 2 is 1.62 bits per heavy atom. The van der Waals surface area contributed by atoms with Crippen molar-refractivity contribution in [2.24, 2.45) is 5.92 Å². The summed E-state index contributed by atoms with van der Waals surface area (Å²) >= 11 is 0. The molecule has 24 heavy (non-hydrogen) atoms.